The van der Waals surface area contributed by atoms with Crippen LogP contribution in [0.5, 0.6) is 0 Å². The molecule has 0 aliphatic carbocycles. The third-order valence-electron chi connectivity index (χ3n) is 5.38. The minimum atomic E-state index is -3.70. The first kappa shape index (κ1) is 19.6. The predicted octanol–water partition coefficient (Wildman–Crippen LogP) is 1.96. The second-order valence-electron chi connectivity index (χ2n) is 7.40. The monoisotopic (exact) mass is 412 g/mol. The average Bonchev–Trinajstić information content (AvgIpc) is 3.33. The molecule has 2 atom stereocenters. The summed E-state index contributed by atoms with van der Waals surface area (Å²) in [6.07, 6.45) is 2.04. The maximum Gasteiger partial charge on any atom is 0.265 e. The van der Waals surface area contributed by atoms with Gasteiger partial charge in [0.1, 0.15) is 6.34 Å². The summed E-state index contributed by atoms with van der Waals surface area (Å²) < 4.78 is 27.6. The molecule has 2 aliphatic heterocycles. The first-order valence-electron chi connectivity index (χ1n) is 9.61. The molecule has 1 N–H and O–H groups in total. The van der Waals surface area contributed by atoms with Crippen LogP contribution in [0.25, 0.3) is 0 Å². The Kier molecular flexibility index (Phi) is 5.14. The van der Waals surface area contributed by atoms with Crippen LogP contribution in [0.3, 0.4) is 0 Å². The maximum absolute atomic E-state index is 13.2. The molecule has 0 saturated carbocycles. The van der Waals surface area contributed by atoms with E-state index in [1.165, 1.54) is 10.6 Å². The number of nitrogens with zero attached hydrogens (tertiary/aromatic N) is 3. The lowest BCUT2D eigenvalue weighted by Gasteiger charge is -2.23. The largest absolute Gasteiger partial charge is 0.311 e. The van der Waals surface area contributed by atoms with Crippen molar-refractivity contribution >= 4 is 28.0 Å². The lowest BCUT2D eigenvalue weighted by atomic mass is 10.1. The lowest BCUT2D eigenvalue weighted by molar-refractivity contribution is -0.118. The van der Waals surface area contributed by atoms with Gasteiger partial charge in [0.15, 0.2) is 0 Å². The highest BCUT2D eigenvalue weighted by Gasteiger charge is 2.34. The molecule has 29 heavy (non-hydrogen) atoms. The fourth-order valence-corrected chi connectivity index (χ4v) is 5.28. The van der Waals surface area contributed by atoms with Crippen LogP contribution in [0.15, 0.2) is 58.4 Å². The minimum Gasteiger partial charge on any atom is -0.311 e. The van der Waals surface area contributed by atoms with Gasteiger partial charge in [-0.05, 0) is 49.7 Å². The Labute approximate surface area is 171 Å². The number of fused-ring (bicyclic) bond motifs is 1. The highest BCUT2D eigenvalue weighted by molar-refractivity contribution is 7.89. The molecule has 0 fully saturated rings. The number of carbonyl (C=O) groups is 1. The standard InChI is InChI=1S/C21H24N4O3S/c1-15-10-17-11-18(8-9-20(17)25(15)21(26)12-22-2)29(27,28)24-13-19(23-14-24)16-6-4-3-5-7-16/h3-9,11,14-15,19,22H,10,12-13H2,1-2H3. The first-order valence-corrected chi connectivity index (χ1v) is 11.1. The van der Waals surface area contributed by atoms with Crippen LogP contribution in [0.4, 0.5) is 5.69 Å². The van der Waals surface area contributed by atoms with Gasteiger partial charge in [-0.15, -0.1) is 0 Å². The molecule has 2 aliphatic rings. The van der Waals surface area contributed by atoms with E-state index in [1.54, 1.807) is 30.1 Å². The molecule has 0 saturated heterocycles. The summed E-state index contributed by atoms with van der Waals surface area (Å²) in [4.78, 5) is 18.8. The quantitative estimate of drug-likeness (QED) is 0.814. The number of aliphatic imine (C=N–C) groups is 1. The number of anilines is 1. The number of benzene rings is 2. The molecule has 2 aromatic rings. The number of likely N-dealkylation sites (N-methyl/N-ethyl adjacent to an activating group) is 1. The van der Waals surface area contributed by atoms with E-state index in [0.29, 0.717) is 6.42 Å². The highest BCUT2D eigenvalue weighted by atomic mass is 32.2. The van der Waals surface area contributed by atoms with Crippen molar-refractivity contribution < 1.29 is 13.2 Å². The number of carbonyl (C=O) groups excluding carboxylic acids is 1. The van der Waals surface area contributed by atoms with E-state index in [2.05, 4.69) is 10.3 Å². The molecule has 7 nitrogen and oxygen atoms in total. The summed E-state index contributed by atoms with van der Waals surface area (Å²) in [6, 6.07) is 14.5. The zero-order valence-corrected chi connectivity index (χ0v) is 17.3. The first-order chi connectivity index (χ1) is 13.9. The fraction of sp³-hybridized carbons (Fsp3) is 0.333. The number of rotatable bonds is 5. The highest BCUT2D eigenvalue weighted by Crippen LogP contribution is 2.35. The van der Waals surface area contributed by atoms with Gasteiger partial charge in [-0.3, -0.25) is 14.1 Å². The van der Waals surface area contributed by atoms with Crippen molar-refractivity contribution in [3.63, 3.8) is 0 Å². The second kappa shape index (κ2) is 7.61. The van der Waals surface area contributed by atoms with Crippen molar-refractivity contribution in [3.8, 4) is 0 Å². The normalized spacial score (nSPS) is 20.9. The van der Waals surface area contributed by atoms with Crippen molar-refractivity contribution in [1.82, 2.24) is 9.62 Å². The Bertz CT molecular complexity index is 1050. The van der Waals surface area contributed by atoms with Gasteiger partial charge in [0.2, 0.25) is 5.91 Å². The van der Waals surface area contributed by atoms with Crippen LogP contribution in [0.1, 0.15) is 24.1 Å². The fourth-order valence-electron chi connectivity index (χ4n) is 3.97. The molecule has 2 unspecified atom stereocenters. The number of hydrogen-bond acceptors (Lipinski definition) is 5. The Hall–Kier alpha value is -2.71. The molecule has 0 radical (unpaired) electrons. The van der Waals surface area contributed by atoms with E-state index in [4.69, 9.17) is 0 Å². The van der Waals surface area contributed by atoms with Crippen LogP contribution in [-0.4, -0.2) is 51.1 Å². The smallest absolute Gasteiger partial charge is 0.265 e. The van der Waals surface area contributed by atoms with Gasteiger partial charge in [0, 0.05) is 11.7 Å². The van der Waals surface area contributed by atoms with Crippen molar-refractivity contribution in [3.05, 3.63) is 59.7 Å². The van der Waals surface area contributed by atoms with Crippen molar-refractivity contribution in [2.75, 3.05) is 25.0 Å². The van der Waals surface area contributed by atoms with Crippen LogP contribution in [0.2, 0.25) is 0 Å². The number of amides is 1. The molecule has 0 bridgehead atoms. The molecular formula is C21H24N4O3S. The van der Waals surface area contributed by atoms with Crippen molar-refractivity contribution in [2.45, 2.75) is 30.3 Å². The molecule has 8 heteroatoms. The third-order valence-corrected chi connectivity index (χ3v) is 7.09. The molecule has 152 valence electrons. The van der Waals surface area contributed by atoms with Gasteiger partial charge in [0.05, 0.1) is 24.0 Å². The molecule has 0 aromatic heterocycles. The summed E-state index contributed by atoms with van der Waals surface area (Å²) >= 11 is 0. The predicted molar refractivity (Wildman–Crippen MR) is 113 cm³/mol. The van der Waals surface area contributed by atoms with Gasteiger partial charge in [0.25, 0.3) is 10.0 Å². The van der Waals surface area contributed by atoms with E-state index in [-0.39, 0.29) is 36.0 Å². The van der Waals surface area contributed by atoms with E-state index in [0.717, 1.165) is 16.8 Å². The Balaban J connectivity index is 1.57. The van der Waals surface area contributed by atoms with E-state index < -0.39 is 10.0 Å². The maximum atomic E-state index is 13.2. The zero-order valence-electron chi connectivity index (χ0n) is 16.4. The van der Waals surface area contributed by atoms with Crippen LogP contribution in [-0.2, 0) is 21.2 Å². The molecule has 2 aromatic carbocycles. The van der Waals surface area contributed by atoms with Crippen LogP contribution < -0.4 is 10.2 Å². The zero-order chi connectivity index (χ0) is 20.6. The summed E-state index contributed by atoms with van der Waals surface area (Å²) in [5.74, 6) is -0.0215. The summed E-state index contributed by atoms with van der Waals surface area (Å²) in [7, 11) is -1.97. The Morgan fingerprint density at radius 3 is 2.69 bits per heavy atom. The molecule has 2 heterocycles. The number of sulfonamides is 1. The number of hydrogen-bond donors (Lipinski definition) is 1. The van der Waals surface area contributed by atoms with Gasteiger partial charge >= 0.3 is 0 Å². The van der Waals surface area contributed by atoms with Crippen LogP contribution in [0, 0.1) is 0 Å². The molecule has 0 spiro atoms. The SMILES string of the molecule is CNCC(=O)N1c2ccc(S(=O)(=O)N3C=NC(c4ccccc4)C3)cc2CC1C. The van der Waals surface area contributed by atoms with E-state index in [1.807, 2.05) is 37.3 Å². The minimum absolute atomic E-state index is 0.000357. The Morgan fingerprint density at radius 2 is 1.97 bits per heavy atom. The molecule has 1 amide bonds. The van der Waals surface area contributed by atoms with Crippen molar-refractivity contribution in [2.24, 2.45) is 4.99 Å². The topological polar surface area (TPSA) is 82.1 Å². The van der Waals surface area contributed by atoms with Gasteiger partial charge in [-0.1, -0.05) is 30.3 Å². The second-order valence-corrected chi connectivity index (χ2v) is 9.29. The third kappa shape index (κ3) is 3.54. The van der Waals surface area contributed by atoms with Gasteiger partial charge < -0.3 is 10.2 Å². The average molecular weight is 413 g/mol. The summed E-state index contributed by atoms with van der Waals surface area (Å²) in [6.45, 7) is 2.50. The van der Waals surface area contributed by atoms with E-state index in [9.17, 15) is 13.2 Å². The Morgan fingerprint density at radius 1 is 1.21 bits per heavy atom. The van der Waals surface area contributed by atoms with E-state index >= 15 is 0 Å². The lowest BCUT2D eigenvalue weighted by Crippen LogP contribution is -2.40. The molecular weight excluding hydrogens is 388 g/mol. The van der Waals surface area contributed by atoms with Gasteiger partial charge in [-0.2, -0.15) is 0 Å². The molecule has 4 rings (SSSR count). The van der Waals surface area contributed by atoms with Crippen LogP contribution >= 0.6 is 0 Å². The van der Waals surface area contributed by atoms with Gasteiger partial charge in [-0.25, -0.2) is 8.42 Å². The summed E-state index contributed by atoms with van der Waals surface area (Å²) in [5.41, 5.74) is 2.65. The summed E-state index contributed by atoms with van der Waals surface area (Å²) in [5, 5.41) is 2.88. The number of nitrogens with one attached hydrogen (secondary N) is 1. The van der Waals surface area contributed by atoms with Crippen molar-refractivity contribution in [1.29, 1.82) is 0 Å².